The van der Waals surface area contributed by atoms with Gasteiger partial charge in [0.2, 0.25) is 5.91 Å². The van der Waals surface area contributed by atoms with E-state index in [2.05, 4.69) is 15.5 Å². The summed E-state index contributed by atoms with van der Waals surface area (Å²) in [4.78, 5) is 23.0. The van der Waals surface area contributed by atoms with Crippen LogP contribution in [0.3, 0.4) is 0 Å². The van der Waals surface area contributed by atoms with Crippen molar-refractivity contribution in [2.45, 2.75) is 27.7 Å². The number of nitrogens with zero attached hydrogens (tertiary/aromatic N) is 2. The zero-order valence-electron chi connectivity index (χ0n) is 9.87. The third kappa shape index (κ3) is 2.85. The molecular weight excluding hydrogens is 206 g/mol. The standard InChI is InChI=1S/C11H15N3O2/c1-7(15)8-5-12-13-6-9(8)14-10(16)11(2,3)4/h5-6H,1-4H3,(H,12,14,16). The van der Waals surface area contributed by atoms with E-state index in [9.17, 15) is 9.59 Å². The number of amides is 1. The number of carbonyl (C=O) groups excluding carboxylic acids is 2. The monoisotopic (exact) mass is 221 g/mol. The van der Waals surface area contributed by atoms with Crippen molar-refractivity contribution in [3.05, 3.63) is 18.0 Å². The maximum absolute atomic E-state index is 11.7. The van der Waals surface area contributed by atoms with Gasteiger partial charge in [-0.15, -0.1) is 0 Å². The predicted octanol–water partition coefficient (Wildman–Crippen LogP) is 1.66. The quantitative estimate of drug-likeness (QED) is 0.771. The Morgan fingerprint density at radius 3 is 2.25 bits per heavy atom. The van der Waals surface area contributed by atoms with Crippen molar-refractivity contribution >= 4 is 17.4 Å². The Kier molecular flexibility index (Phi) is 3.37. The molecule has 0 aromatic carbocycles. The molecule has 0 unspecified atom stereocenters. The molecule has 16 heavy (non-hydrogen) atoms. The number of Topliss-reactive ketones (excluding diaryl/α,β-unsaturated/α-hetero) is 1. The summed E-state index contributed by atoms with van der Waals surface area (Å²) in [7, 11) is 0. The normalized spacial score (nSPS) is 11.0. The number of hydrogen-bond acceptors (Lipinski definition) is 4. The van der Waals surface area contributed by atoms with Crippen molar-refractivity contribution in [2.75, 3.05) is 5.32 Å². The lowest BCUT2D eigenvalue weighted by atomic mass is 9.95. The highest BCUT2D eigenvalue weighted by atomic mass is 16.2. The third-order valence-corrected chi connectivity index (χ3v) is 2.04. The van der Waals surface area contributed by atoms with E-state index in [0.29, 0.717) is 11.3 Å². The minimum absolute atomic E-state index is 0.154. The van der Waals surface area contributed by atoms with Crippen molar-refractivity contribution in [3.8, 4) is 0 Å². The minimum atomic E-state index is -0.517. The van der Waals surface area contributed by atoms with E-state index in [1.807, 2.05) is 0 Å². The van der Waals surface area contributed by atoms with Crippen LogP contribution < -0.4 is 5.32 Å². The molecule has 0 bridgehead atoms. The molecule has 86 valence electrons. The second-order valence-electron chi connectivity index (χ2n) is 4.58. The van der Waals surface area contributed by atoms with Gasteiger partial charge in [0.25, 0.3) is 0 Å². The first-order valence-electron chi connectivity index (χ1n) is 4.95. The predicted molar refractivity (Wildman–Crippen MR) is 60.1 cm³/mol. The number of aromatic nitrogens is 2. The summed E-state index contributed by atoms with van der Waals surface area (Å²) >= 11 is 0. The molecule has 1 N–H and O–H groups in total. The first-order chi connectivity index (χ1) is 7.32. The van der Waals surface area contributed by atoms with Crippen LogP contribution in [0.25, 0.3) is 0 Å². The van der Waals surface area contributed by atoms with Crippen LogP contribution in [0.5, 0.6) is 0 Å². The van der Waals surface area contributed by atoms with Crippen LogP contribution in [0.4, 0.5) is 5.69 Å². The number of nitrogens with one attached hydrogen (secondary N) is 1. The van der Waals surface area contributed by atoms with Crippen LogP contribution >= 0.6 is 0 Å². The third-order valence-electron chi connectivity index (χ3n) is 2.04. The average Bonchev–Trinajstić information content (AvgIpc) is 2.16. The fourth-order valence-electron chi connectivity index (χ4n) is 1.01. The summed E-state index contributed by atoms with van der Waals surface area (Å²) in [6.45, 7) is 6.81. The minimum Gasteiger partial charge on any atom is -0.324 e. The van der Waals surface area contributed by atoms with E-state index in [1.165, 1.54) is 19.3 Å². The Balaban J connectivity index is 2.98. The van der Waals surface area contributed by atoms with Crippen LogP contribution in [-0.2, 0) is 4.79 Å². The molecule has 0 fully saturated rings. The molecule has 5 nitrogen and oxygen atoms in total. The second-order valence-corrected chi connectivity index (χ2v) is 4.58. The molecule has 0 radical (unpaired) electrons. The van der Waals surface area contributed by atoms with Gasteiger partial charge in [-0.1, -0.05) is 20.8 Å². The van der Waals surface area contributed by atoms with Gasteiger partial charge in [0.05, 0.1) is 23.6 Å². The number of carbonyl (C=O) groups is 2. The van der Waals surface area contributed by atoms with Crippen LogP contribution in [0.15, 0.2) is 12.4 Å². The highest BCUT2D eigenvalue weighted by Crippen LogP contribution is 2.19. The summed E-state index contributed by atoms with van der Waals surface area (Å²) in [6, 6.07) is 0. The second kappa shape index (κ2) is 4.38. The van der Waals surface area contributed by atoms with Gasteiger partial charge in [-0.3, -0.25) is 9.59 Å². The van der Waals surface area contributed by atoms with E-state index in [4.69, 9.17) is 0 Å². The van der Waals surface area contributed by atoms with E-state index in [-0.39, 0.29) is 11.7 Å². The fourth-order valence-corrected chi connectivity index (χ4v) is 1.01. The lowest BCUT2D eigenvalue weighted by Crippen LogP contribution is -2.28. The van der Waals surface area contributed by atoms with Crippen LogP contribution in [0.1, 0.15) is 38.1 Å². The Morgan fingerprint density at radius 2 is 1.75 bits per heavy atom. The molecule has 0 saturated carbocycles. The van der Waals surface area contributed by atoms with Crippen LogP contribution in [-0.4, -0.2) is 21.9 Å². The first kappa shape index (κ1) is 12.3. The Hall–Kier alpha value is -1.78. The molecule has 0 aliphatic rings. The van der Waals surface area contributed by atoms with Crippen LogP contribution in [0, 0.1) is 5.41 Å². The Morgan fingerprint density at radius 1 is 1.19 bits per heavy atom. The zero-order valence-corrected chi connectivity index (χ0v) is 9.87. The summed E-state index contributed by atoms with van der Waals surface area (Å²) in [5.74, 6) is -0.317. The number of ketones is 1. The van der Waals surface area contributed by atoms with Crippen molar-refractivity contribution in [2.24, 2.45) is 5.41 Å². The molecule has 0 saturated heterocycles. The van der Waals surface area contributed by atoms with E-state index in [1.54, 1.807) is 20.8 Å². The van der Waals surface area contributed by atoms with Crippen molar-refractivity contribution in [3.63, 3.8) is 0 Å². The SMILES string of the molecule is CC(=O)c1cnncc1NC(=O)C(C)(C)C. The van der Waals surface area contributed by atoms with Gasteiger partial charge in [0, 0.05) is 5.41 Å². The van der Waals surface area contributed by atoms with Crippen molar-refractivity contribution in [1.82, 2.24) is 10.2 Å². The van der Waals surface area contributed by atoms with Gasteiger partial charge in [0.1, 0.15) is 0 Å². The molecule has 0 atom stereocenters. The van der Waals surface area contributed by atoms with E-state index >= 15 is 0 Å². The summed E-state index contributed by atoms with van der Waals surface area (Å²) in [5, 5.41) is 9.93. The average molecular weight is 221 g/mol. The molecule has 1 heterocycles. The summed E-state index contributed by atoms with van der Waals surface area (Å²) in [5.41, 5.74) is 0.257. The molecule has 5 heteroatoms. The van der Waals surface area contributed by atoms with Gasteiger partial charge in [-0.05, 0) is 6.92 Å². The highest BCUT2D eigenvalue weighted by molar-refractivity contribution is 6.04. The molecule has 1 rings (SSSR count). The lowest BCUT2D eigenvalue weighted by Gasteiger charge is -2.18. The Labute approximate surface area is 94.3 Å². The van der Waals surface area contributed by atoms with Gasteiger partial charge in [0.15, 0.2) is 5.78 Å². The summed E-state index contributed by atoms with van der Waals surface area (Å²) < 4.78 is 0. The van der Waals surface area contributed by atoms with Gasteiger partial charge < -0.3 is 5.32 Å². The Bertz CT molecular complexity index is 421. The molecule has 1 amide bonds. The fraction of sp³-hybridized carbons (Fsp3) is 0.455. The van der Waals surface area contributed by atoms with Gasteiger partial charge >= 0.3 is 0 Å². The molecule has 0 spiro atoms. The maximum atomic E-state index is 11.7. The molecule has 0 aliphatic carbocycles. The van der Waals surface area contributed by atoms with Crippen LogP contribution in [0.2, 0.25) is 0 Å². The molecule has 1 aromatic rings. The largest absolute Gasteiger partial charge is 0.324 e. The van der Waals surface area contributed by atoms with Crippen molar-refractivity contribution in [1.29, 1.82) is 0 Å². The summed E-state index contributed by atoms with van der Waals surface area (Å²) in [6.07, 6.45) is 2.72. The maximum Gasteiger partial charge on any atom is 0.229 e. The van der Waals surface area contributed by atoms with E-state index in [0.717, 1.165) is 0 Å². The number of rotatable bonds is 2. The van der Waals surface area contributed by atoms with Gasteiger partial charge in [-0.25, -0.2) is 0 Å². The molecular formula is C11H15N3O2. The van der Waals surface area contributed by atoms with Crippen molar-refractivity contribution < 1.29 is 9.59 Å². The number of hydrogen-bond donors (Lipinski definition) is 1. The van der Waals surface area contributed by atoms with Gasteiger partial charge in [-0.2, -0.15) is 10.2 Å². The highest BCUT2D eigenvalue weighted by Gasteiger charge is 2.22. The number of anilines is 1. The first-order valence-corrected chi connectivity index (χ1v) is 4.95. The topological polar surface area (TPSA) is 72.0 Å². The lowest BCUT2D eigenvalue weighted by molar-refractivity contribution is -0.123. The molecule has 0 aliphatic heterocycles. The smallest absolute Gasteiger partial charge is 0.229 e. The zero-order chi connectivity index (χ0) is 12.3. The molecule has 1 aromatic heterocycles. The van der Waals surface area contributed by atoms with E-state index < -0.39 is 5.41 Å².